The summed E-state index contributed by atoms with van der Waals surface area (Å²) in [5, 5.41) is 15.1. The zero-order chi connectivity index (χ0) is 14.2. The van der Waals surface area contributed by atoms with Gasteiger partial charge in [-0.3, -0.25) is 0 Å². The fourth-order valence-corrected chi connectivity index (χ4v) is 5.42. The van der Waals surface area contributed by atoms with Crippen LogP contribution >= 0.6 is 0 Å². The van der Waals surface area contributed by atoms with Crippen molar-refractivity contribution in [1.82, 2.24) is 5.06 Å². The molecule has 1 aliphatic heterocycles. The van der Waals surface area contributed by atoms with Crippen LogP contribution in [-0.2, 0) is 5.21 Å². The number of nitrogens with zero attached hydrogens (tertiary/aromatic N) is 1. The molecule has 3 rings (SSSR count). The highest BCUT2D eigenvalue weighted by Gasteiger charge is 2.55. The van der Waals surface area contributed by atoms with Crippen LogP contribution in [0, 0.1) is 11.8 Å². The molecule has 2 aliphatic carbocycles. The first kappa shape index (κ1) is 14.8. The standard InChI is InChI=1S/C18H32NO/c1-15(2)16-13-17(9-5-3-6-10-17)19(20)18(14-16)11-7-4-8-12-18/h15-16H,3-14H2,1-2H3. The molecule has 0 aromatic rings. The van der Waals surface area contributed by atoms with E-state index in [0.717, 1.165) is 11.8 Å². The summed E-state index contributed by atoms with van der Waals surface area (Å²) < 4.78 is 0. The van der Waals surface area contributed by atoms with E-state index in [2.05, 4.69) is 13.8 Å². The van der Waals surface area contributed by atoms with Gasteiger partial charge in [0.25, 0.3) is 0 Å². The Morgan fingerprint density at radius 1 is 0.800 bits per heavy atom. The third-order valence-corrected chi connectivity index (χ3v) is 6.66. The Morgan fingerprint density at radius 2 is 1.20 bits per heavy atom. The molecule has 2 heteroatoms. The maximum absolute atomic E-state index is 13.4. The van der Waals surface area contributed by atoms with E-state index in [9.17, 15) is 5.21 Å². The molecule has 115 valence electrons. The first-order valence-electron chi connectivity index (χ1n) is 9.06. The van der Waals surface area contributed by atoms with Crippen molar-refractivity contribution in [3.05, 3.63) is 0 Å². The smallest absolute Gasteiger partial charge is 0.0502 e. The molecule has 3 fully saturated rings. The van der Waals surface area contributed by atoms with Gasteiger partial charge in [0.15, 0.2) is 0 Å². The Kier molecular flexibility index (Phi) is 4.16. The molecule has 3 aliphatic rings. The molecule has 2 nitrogen and oxygen atoms in total. The Bertz CT molecular complexity index is 298. The van der Waals surface area contributed by atoms with E-state index in [1.54, 1.807) is 5.06 Å². The zero-order valence-corrected chi connectivity index (χ0v) is 13.5. The van der Waals surface area contributed by atoms with Crippen LogP contribution in [0.1, 0.15) is 90.9 Å². The molecule has 2 spiro atoms. The van der Waals surface area contributed by atoms with E-state index in [1.807, 2.05) is 0 Å². The van der Waals surface area contributed by atoms with E-state index < -0.39 is 0 Å². The Labute approximate surface area is 124 Å². The van der Waals surface area contributed by atoms with Crippen molar-refractivity contribution in [3.8, 4) is 0 Å². The molecule has 1 radical (unpaired) electrons. The van der Waals surface area contributed by atoms with Crippen molar-refractivity contribution in [2.45, 2.75) is 102 Å². The molecular formula is C18H32NO. The molecule has 0 amide bonds. The Balaban J connectivity index is 1.89. The van der Waals surface area contributed by atoms with Crippen LogP contribution in [0.15, 0.2) is 0 Å². The quantitative estimate of drug-likeness (QED) is 0.654. The summed E-state index contributed by atoms with van der Waals surface area (Å²) in [6, 6.07) is 0. The molecule has 2 saturated carbocycles. The van der Waals surface area contributed by atoms with Crippen molar-refractivity contribution >= 4 is 0 Å². The summed E-state index contributed by atoms with van der Waals surface area (Å²) in [5.41, 5.74) is 0.0333. The predicted molar refractivity (Wildman–Crippen MR) is 81.7 cm³/mol. The average Bonchev–Trinajstić information content (AvgIpc) is 2.46. The minimum atomic E-state index is 0.0166. The van der Waals surface area contributed by atoms with Crippen molar-refractivity contribution in [2.75, 3.05) is 0 Å². The number of rotatable bonds is 1. The fraction of sp³-hybridized carbons (Fsp3) is 1.00. The summed E-state index contributed by atoms with van der Waals surface area (Å²) in [6.45, 7) is 4.75. The van der Waals surface area contributed by atoms with E-state index in [0.29, 0.717) is 0 Å². The lowest BCUT2D eigenvalue weighted by molar-refractivity contribution is -0.326. The first-order chi connectivity index (χ1) is 9.58. The summed E-state index contributed by atoms with van der Waals surface area (Å²) in [5.74, 6) is 1.51. The molecule has 0 unspecified atom stereocenters. The Morgan fingerprint density at radius 3 is 1.55 bits per heavy atom. The van der Waals surface area contributed by atoms with Crippen LogP contribution in [0.25, 0.3) is 0 Å². The van der Waals surface area contributed by atoms with E-state index in [4.69, 9.17) is 0 Å². The van der Waals surface area contributed by atoms with Gasteiger partial charge in [0.05, 0.1) is 11.1 Å². The number of piperidine rings is 1. The first-order valence-corrected chi connectivity index (χ1v) is 9.06. The third-order valence-electron chi connectivity index (χ3n) is 6.66. The lowest BCUT2D eigenvalue weighted by Crippen LogP contribution is -2.65. The molecule has 1 heterocycles. The van der Waals surface area contributed by atoms with Gasteiger partial charge in [0.1, 0.15) is 0 Å². The van der Waals surface area contributed by atoms with Gasteiger partial charge in [-0.1, -0.05) is 52.4 Å². The average molecular weight is 278 g/mol. The lowest BCUT2D eigenvalue weighted by Gasteiger charge is -2.58. The number of hydrogen-bond donors (Lipinski definition) is 0. The van der Waals surface area contributed by atoms with Crippen molar-refractivity contribution in [3.63, 3.8) is 0 Å². The van der Waals surface area contributed by atoms with Crippen LogP contribution in [0.4, 0.5) is 0 Å². The van der Waals surface area contributed by atoms with E-state index >= 15 is 0 Å². The summed E-state index contributed by atoms with van der Waals surface area (Å²) >= 11 is 0. The van der Waals surface area contributed by atoms with Crippen LogP contribution in [0.3, 0.4) is 0 Å². The van der Waals surface area contributed by atoms with Gasteiger partial charge < -0.3 is 0 Å². The highest BCUT2D eigenvalue weighted by atomic mass is 16.5. The maximum atomic E-state index is 13.4. The molecule has 0 atom stereocenters. The van der Waals surface area contributed by atoms with Gasteiger partial charge >= 0.3 is 0 Å². The summed E-state index contributed by atoms with van der Waals surface area (Å²) in [4.78, 5) is 0. The molecule has 20 heavy (non-hydrogen) atoms. The van der Waals surface area contributed by atoms with Gasteiger partial charge in [-0.05, 0) is 50.4 Å². The molecule has 0 bridgehead atoms. The minimum Gasteiger partial charge on any atom is -0.143 e. The Hall–Kier alpha value is -0.0800. The highest BCUT2D eigenvalue weighted by Crippen LogP contribution is 2.53. The van der Waals surface area contributed by atoms with Gasteiger partial charge in [-0.25, -0.2) is 0 Å². The fourth-order valence-electron chi connectivity index (χ4n) is 5.42. The summed E-state index contributed by atoms with van der Waals surface area (Å²) in [7, 11) is 0. The summed E-state index contributed by atoms with van der Waals surface area (Å²) in [6.07, 6.45) is 14.8. The molecule has 0 N–H and O–H groups in total. The molecule has 1 saturated heterocycles. The molecule has 0 aromatic heterocycles. The third kappa shape index (κ3) is 2.43. The van der Waals surface area contributed by atoms with Gasteiger partial charge in [-0.15, -0.1) is 10.3 Å². The second-order valence-corrected chi connectivity index (χ2v) is 8.28. The monoisotopic (exact) mass is 278 g/mol. The van der Waals surface area contributed by atoms with Crippen LogP contribution in [0.2, 0.25) is 0 Å². The van der Waals surface area contributed by atoms with Crippen LogP contribution in [0.5, 0.6) is 0 Å². The SMILES string of the molecule is CC(C)C1CC2(CCCCC2)N([O])C2(CCCCC2)C1. The van der Waals surface area contributed by atoms with Crippen LogP contribution in [-0.4, -0.2) is 16.1 Å². The van der Waals surface area contributed by atoms with Gasteiger partial charge in [0.2, 0.25) is 0 Å². The van der Waals surface area contributed by atoms with E-state index in [-0.39, 0.29) is 11.1 Å². The topological polar surface area (TPSA) is 23.1 Å². The highest BCUT2D eigenvalue weighted by molar-refractivity contribution is 5.06. The second-order valence-electron chi connectivity index (χ2n) is 8.28. The number of hydrogen-bond acceptors (Lipinski definition) is 1. The van der Waals surface area contributed by atoms with Crippen molar-refractivity contribution in [2.24, 2.45) is 11.8 Å². The van der Waals surface area contributed by atoms with Crippen LogP contribution < -0.4 is 0 Å². The van der Waals surface area contributed by atoms with Gasteiger partial charge in [-0.2, -0.15) is 0 Å². The van der Waals surface area contributed by atoms with Crippen molar-refractivity contribution < 1.29 is 5.21 Å². The van der Waals surface area contributed by atoms with Gasteiger partial charge in [0, 0.05) is 0 Å². The number of hydroxylamine groups is 2. The largest absolute Gasteiger partial charge is 0.143 e. The molecular weight excluding hydrogens is 246 g/mol. The normalized spacial score (nSPS) is 33.9. The minimum absolute atomic E-state index is 0.0166. The maximum Gasteiger partial charge on any atom is 0.0502 e. The zero-order valence-electron chi connectivity index (χ0n) is 13.5. The predicted octanol–water partition coefficient (Wildman–Crippen LogP) is 5.11. The molecule has 0 aromatic carbocycles. The van der Waals surface area contributed by atoms with E-state index in [1.165, 1.54) is 77.0 Å². The second kappa shape index (κ2) is 5.61. The lowest BCUT2D eigenvalue weighted by atomic mass is 9.61. The van der Waals surface area contributed by atoms with Crippen molar-refractivity contribution in [1.29, 1.82) is 0 Å².